The molecule has 11 heteroatoms. The van der Waals surface area contributed by atoms with E-state index in [1.54, 1.807) is 0 Å². The van der Waals surface area contributed by atoms with E-state index in [0.29, 0.717) is 6.42 Å². The summed E-state index contributed by atoms with van der Waals surface area (Å²) in [6.07, 6.45) is -0.742. The highest BCUT2D eigenvalue weighted by atomic mass is 31.2. The van der Waals surface area contributed by atoms with Gasteiger partial charge in [-0.3, -0.25) is 14.2 Å². The van der Waals surface area contributed by atoms with Crippen LogP contribution in [0.1, 0.15) is 32.8 Å². The molecular formula is C20H32N3O7P. The molecule has 174 valence electrons. The van der Waals surface area contributed by atoms with Crippen LogP contribution in [0.5, 0.6) is 0 Å². The van der Waals surface area contributed by atoms with Crippen molar-refractivity contribution in [2.24, 2.45) is 5.92 Å². The van der Waals surface area contributed by atoms with E-state index in [2.05, 4.69) is 16.0 Å². The van der Waals surface area contributed by atoms with Gasteiger partial charge in [0.1, 0.15) is 25.0 Å². The molecule has 0 radical (unpaired) electrons. The SMILES string of the molecule is COP(=O)(CNC(=O)[C@H](CC(C)C)NC(=O)[C@H](C)NC(=O)OCc1ccccc1)OC. The van der Waals surface area contributed by atoms with Crippen molar-refractivity contribution in [2.45, 2.75) is 45.9 Å². The summed E-state index contributed by atoms with van der Waals surface area (Å²) >= 11 is 0. The summed E-state index contributed by atoms with van der Waals surface area (Å²) in [7, 11) is -1.000. The zero-order chi connectivity index (χ0) is 23.4. The minimum Gasteiger partial charge on any atom is -0.445 e. The lowest BCUT2D eigenvalue weighted by molar-refractivity contribution is -0.130. The Bertz CT molecular complexity index is 765. The molecule has 0 aliphatic carbocycles. The third-order valence-electron chi connectivity index (χ3n) is 4.28. The molecule has 0 aliphatic heterocycles. The molecule has 0 saturated heterocycles. The van der Waals surface area contributed by atoms with Crippen LogP contribution in [-0.2, 0) is 34.5 Å². The van der Waals surface area contributed by atoms with Gasteiger partial charge in [-0.05, 0) is 24.8 Å². The van der Waals surface area contributed by atoms with Crippen LogP contribution in [0.2, 0.25) is 0 Å². The molecule has 3 N–H and O–H groups in total. The van der Waals surface area contributed by atoms with Crippen LogP contribution in [0.3, 0.4) is 0 Å². The molecule has 1 rings (SSSR count). The zero-order valence-corrected chi connectivity index (χ0v) is 19.4. The summed E-state index contributed by atoms with van der Waals surface area (Å²) in [5, 5.41) is 7.51. The summed E-state index contributed by atoms with van der Waals surface area (Å²) in [6, 6.07) is 7.29. The Morgan fingerprint density at radius 1 is 0.968 bits per heavy atom. The Morgan fingerprint density at radius 2 is 1.58 bits per heavy atom. The molecule has 31 heavy (non-hydrogen) atoms. The first-order valence-electron chi connectivity index (χ1n) is 9.86. The van der Waals surface area contributed by atoms with E-state index in [9.17, 15) is 18.9 Å². The summed E-state index contributed by atoms with van der Waals surface area (Å²) in [4.78, 5) is 37.0. The Hall–Kier alpha value is -2.42. The number of amides is 3. The van der Waals surface area contributed by atoms with Crippen molar-refractivity contribution < 1.29 is 32.7 Å². The maximum absolute atomic E-state index is 12.5. The van der Waals surface area contributed by atoms with Gasteiger partial charge in [-0.1, -0.05) is 44.2 Å². The minimum atomic E-state index is -3.43. The predicted molar refractivity (Wildman–Crippen MR) is 115 cm³/mol. The second kappa shape index (κ2) is 13.1. The first-order valence-corrected chi connectivity index (χ1v) is 11.6. The van der Waals surface area contributed by atoms with Crippen LogP contribution in [0.4, 0.5) is 4.79 Å². The van der Waals surface area contributed by atoms with Crippen molar-refractivity contribution in [1.82, 2.24) is 16.0 Å². The molecule has 0 bridgehead atoms. The number of hydrogen-bond acceptors (Lipinski definition) is 7. The first kappa shape index (κ1) is 26.6. The Balaban J connectivity index is 2.61. The standard InChI is InChI=1S/C20H32N3O7P/c1-14(2)11-17(19(25)21-13-31(27,28-4)29-5)23-18(24)15(3)22-20(26)30-12-16-9-7-6-8-10-16/h6-10,14-15,17H,11-13H2,1-5H3,(H,21,25)(H,22,26)(H,23,24)/t15-,17-/m0/s1. The molecular weight excluding hydrogens is 425 g/mol. The van der Waals surface area contributed by atoms with Crippen molar-refractivity contribution in [2.75, 3.05) is 20.5 Å². The third kappa shape index (κ3) is 9.95. The van der Waals surface area contributed by atoms with E-state index < -0.39 is 37.6 Å². The monoisotopic (exact) mass is 457 g/mol. The van der Waals surface area contributed by atoms with Gasteiger partial charge in [0, 0.05) is 14.2 Å². The van der Waals surface area contributed by atoms with Crippen molar-refractivity contribution in [1.29, 1.82) is 0 Å². The second-order valence-corrected chi connectivity index (χ2v) is 9.56. The molecule has 0 aliphatic rings. The lowest BCUT2D eigenvalue weighted by Gasteiger charge is -2.23. The molecule has 0 fully saturated rings. The lowest BCUT2D eigenvalue weighted by Crippen LogP contribution is -2.53. The van der Waals surface area contributed by atoms with E-state index in [1.165, 1.54) is 21.1 Å². The van der Waals surface area contributed by atoms with Gasteiger partial charge in [-0.25, -0.2) is 4.79 Å². The van der Waals surface area contributed by atoms with Crippen LogP contribution in [0.25, 0.3) is 0 Å². The van der Waals surface area contributed by atoms with Gasteiger partial charge in [-0.2, -0.15) is 0 Å². The van der Waals surface area contributed by atoms with Gasteiger partial charge in [0.2, 0.25) is 11.8 Å². The molecule has 0 heterocycles. The van der Waals surface area contributed by atoms with Crippen LogP contribution in [0.15, 0.2) is 30.3 Å². The number of nitrogens with one attached hydrogen (secondary N) is 3. The molecule has 0 unspecified atom stereocenters. The summed E-state index contributed by atoms with van der Waals surface area (Å²) < 4.78 is 26.8. The van der Waals surface area contributed by atoms with E-state index in [4.69, 9.17) is 13.8 Å². The minimum absolute atomic E-state index is 0.0679. The topological polar surface area (TPSA) is 132 Å². The summed E-state index contributed by atoms with van der Waals surface area (Å²) in [6.45, 7) is 5.33. The highest BCUT2D eigenvalue weighted by molar-refractivity contribution is 7.53. The summed E-state index contributed by atoms with van der Waals surface area (Å²) in [5.41, 5.74) is 0.813. The van der Waals surface area contributed by atoms with Crippen molar-refractivity contribution in [3.8, 4) is 0 Å². The number of ether oxygens (including phenoxy) is 1. The molecule has 1 aromatic carbocycles. The molecule has 10 nitrogen and oxygen atoms in total. The molecule has 3 amide bonds. The van der Waals surface area contributed by atoms with Crippen molar-refractivity contribution in [3.05, 3.63) is 35.9 Å². The van der Waals surface area contributed by atoms with E-state index in [1.807, 2.05) is 44.2 Å². The summed E-state index contributed by atoms with van der Waals surface area (Å²) in [5.74, 6) is -0.999. The van der Waals surface area contributed by atoms with E-state index >= 15 is 0 Å². The van der Waals surface area contributed by atoms with Crippen LogP contribution < -0.4 is 16.0 Å². The van der Waals surface area contributed by atoms with Crippen molar-refractivity contribution >= 4 is 25.5 Å². The van der Waals surface area contributed by atoms with Gasteiger partial charge >= 0.3 is 13.7 Å². The molecule has 0 aromatic heterocycles. The Kier molecular flexibility index (Phi) is 11.2. The highest BCUT2D eigenvalue weighted by Crippen LogP contribution is 2.44. The number of carbonyl (C=O) groups excluding carboxylic acids is 3. The number of benzene rings is 1. The Labute approximate surface area is 182 Å². The van der Waals surface area contributed by atoms with Gasteiger partial charge in [-0.15, -0.1) is 0 Å². The number of alkyl carbamates (subject to hydrolysis) is 1. The Morgan fingerprint density at radius 3 is 2.13 bits per heavy atom. The fourth-order valence-electron chi connectivity index (χ4n) is 2.51. The largest absolute Gasteiger partial charge is 0.445 e. The predicted octanol–water partition coefficient (Wildman–Crippen LogP) is 2.39. The van der Waals surface area contributed by atoms with Gasteiger partial charge in [0.25, 0.3) is 0 Å². The molecule has 0 saturated carbocycles. The molecule has 1 aromatic rings. The maximum atomic E-state index is 12.5. The average Bonchev–Trinajstić information content (AvgIpc) is 2.75. The average molecular weight is 457 g/mol. The zero-order valence-electron chi connectivity index (χ0n) is 18.5. The van der Waals surface area contributed by atoms with Gasteiger partial charge in [0.05, 0.1) is 0 Å². The fourth-order valence-corrected chi connectivity index (χ4v) is 3.27. The number of rotatable bonds is 12. The van der Waals surface area contributed by atoms with E-state index in [-0.39, 0.29) is 18.8 Å². The lowest BCUT2D eigenvalue weighted by atomic mass is 10.0. The second-order valence-electron chi connectivity index (χ2n) is 7.29. The maximum Gasteiger partial charge on any atom is 0.408 e. The van der Waals surface area contributed by atoms with Crippen LogP contribution >= 0.6 is 7.60 Å². The normalized spacial score (nSPS) is 13.2. The van der Waals surface area contributed by atoms with Crippen LogP contribution in [-0.4, -0.2) is 50.5 Å². The first-order chi connectivity index (χ1) is 14.6. The third-order valence-corrected chi connectivity index (χ3v) is 5.94. The highest BCUT2D eigenvalue weighted by Gasteiger charge is 2.28. The van der Waals surface area contributed by atoms with Gasteiger partial charge in [0.15, 0.2) is 0 Å². The van der Waals surface area contributed by atoms with E-state index in [0.717, 1.165) is 5.56 Å². The molecule has 2 atom stereocenters. The smallest absolute Gasteiger partial charge is 0.408 e. The van der Waals surface area contributed by atoms with Crippen molar-refractivity contribution in [3.63, 3.8) is 0 Å². The molecule has 0 spiro atoms. The van der Waals surface area contributed by atoms with Crippen LogP contribution in [0, 0.1) is 5.92 Å². The fraction of sp³-hybridized carbons (Fsp3) is 0.550. The quantitative estimate of drug-likeness (QED) is 0.411. The van der Waals surface area contributed by atoms with Gasteiger partial charge < -0.3 is 29.7 Å². The number of carbonyl (C=O) groups is 3. The number of hydrogen-bond donors (Lipinski definition) is 3.